The predicted molar refractivity (Wildman–Crippen MR) is 65.1 cm³/mol. The van der Waals surface area contributed by atoms with Gasteiger partial charge < -0.3 is 10.2 Å². The highest BCUT2D eigenvalue weighted by molar-refractivity contribution is 4.92. The Balaban J connectivity index is 1.69. The van der Waals surface area contributed by atoms with Crippen molar-refractivity contribution >= 4 is 0 Å². The molecule has 2 fully saturated rings. The van der Waals surface area contributed by atoms with E-state index in [0.717, 1.165) is 18.0 Å². The average Bonchev–Trinajstić information content (AvgIpc) is 2.93. The SMILES string of the molecule is CCCN1CCCC(NC2CC2C)CC1. The summed E-state index contributed by atoms with van der Waals surface area (Å²) in [5, 5.41) is 3.82. The second kappa shape index (κ2) is 5.31. The van der Waals surface area contributed by atoms with E-state index in [1.165, 1.54) is 51.7 Å². The first-order chi connectivity index (χ1) is 7.29. The predicted octanol–water partition coefficient (Wildman–Crippen LogP) is 2.25. The van der Waals surface area contributed by atoms with Crippen LogP contribution in [0.2, 0.25) is 0 Å². The van der Waals surface area contributed by atoms with Crippen molar-refractivity contribution in [2.45, 2.75) is 58.0 Å². The van der Waals surface area contributed by atoms with Crippen molar-refractivity contribution in [3.05, 3.63) is 0 Å². The molecule has 3 atom stereocenters. The van der Waals surface area contributed by atoms with Gasteiger partial charge in [-0.15, -0.1) is 0 Å². The van der Waals surface area contributed by atoms with Crippen molar-refractivity contribution in [2.75, 3.05) is 19.6 Å². The van der Waals surface area contributed by atoms with Crippen LogP contribution in [0.15, 0.2) is 0 Å². The molecule has 2 rings (SSSR count). The Labute approximate surface area is 94.4 Å². The fourth-order valence-corrected chi connectivity index (χ4v) is 2.72. The second-order valence-electron chi connectivity index (χ2n) is 5.46. The normalized spacial score (nSPS) is 37.6. The Morgan fingerprint density at radius 2 is 2.07 bits per heavy atom. The minimum absolute atomic E-state index is 0.807. The van der Waals surface area contributed by atoms with E-state index >= 15 is 0 Å². The zero-order valence-electron chi connectivity index (χ0n) is 10.3. The molecule has 0 amide bonds. The van der Waals surface area contributed by atoms with Crippen LogP contribution in [0, 0.1) is 5.92 Å². The molecule has 0 aromatic rings. The summed E-state index contributed by atoms with van der Waals surface area (Å²) in [5.74, 6) is 0.944. The van der Waals surface area contributed by atoms with Gasteiger partial charge in [0.2, 0.25) is 0 Å². The summed E-state index contributed by atoms with van der Waals surface area (Å²) in [5.41, 5.74) is 0. The number of likely N-dealkylation sites (tertiary alicyclic amines) is 1. The Morgan fingerprint density at radius 1 is 1.27 bits per heavy atom. The maximum Gasteiger partial charge on any atom is 0.00989 e. The van der Waals surface area contributed by atoms with Crippen molar-refractivity contribution in [2.24, 2.45) is 5.92 Å². The van der Waals surface area contributed by atoms with Crippen molar-refractivity contribution in [1.82, 2.24) is 10.2 Å². The standard InChI is InChI=1S/C13H26N2/c1-3-7-15-8-4-5-12(6-9-15)14-13-10-11(13)2/h11-14H,3-10H2,1-2H3. The maximum atomic E-state index is 3.82. The molecule has 2 nitrogen and oxygen atoms in total. The molecule has 0 aromatic heterocycles. The van der Waals surface area contributed by atoms with Gasteiger partial charge in [-0.3, -0.25) is 0 Å². The van der Waals surface area contributed by atoms with Gasteiger partial charge in [-0.25, -0.2) is 0 Å². The molecule has 0 radical (unpaired) electrons. The Hall–Kier alpha value is -0.0800. The molecule has 1 aliphatic heterocycles. The fraction of sp³-hybridized carbons (Fsp3) is 1.00. The summed E-state index contributed by atoms with van der Waals surface area (Å²) < 4.78 is 0. The van der Waals surface area contributed by atoms with E-state index in [1.54, 1.807) is 0 Å². The van der Waals surface area contributed by atoms with E-state index in [1.807, 2.05) is 0 Å². The van der Waals surface area contributed by atoms with Gasteiger partial charge >= 0.3 is 0 Å². The molecule has 15 heavy (non-hydrogen) atoms. The lowest BCUT2D eigenvalue weighted by Crippen LogP contribution is -2.33. The fourth-order valence-electron chi connectivity index (χ4n) is 2.72. The van der Waals surface area contributed by atoms with Gasteiger partial charge in [-0.2, -0.15) is 0 Å². The Bertz CT molecular complexity index is 193. The number of rotatable bonds is 4. The van der Waals surface area contributed by atoms with Gasteiger partial charge in [0.1, 0.15) is 0 Å². The van der Waals surface area contributed by atoms with E-state index in [4.69, 9.17) is 0 Å². The maximum absolute atomic E-state index is 3.82. The molecule has 1 N–H and O–H groups in total. The van der Waals surface area contributed by atoms with Crippen LogP contribution in [0.5, 0.6) is 0 Å². The quantitative estimate of drug-likeness (QED) is 0.765. The first kappa shape index (κ1) is 11.4. The Morgan fingerprint density at radius 3 is 2.73 bits per heavy atom. The molecule has 0 aromatic carbocycles. The van der Waals surface area contributed by atoms with Crippen LogP contribution in [0.4, 0.5) is 0 Å². The van der Waals surface area contributed by atoms with E-state index in [9.17, 15) is 0 Å². The third kappa shape index (κ3) is 3.46. The molecular weight excluding hydrogens is 184 g/mol. The zero-order chi connectivity index (χ0) is 10.7. The molecule has 88 valence electrons. The number of hydrogen-bond acceptors (Lipinski definition) is 2. The highest BCUT2D eigenvalue weighted by atomic mass is 15.1. The smallest absolute Gasteiger partial charge is 0.00989 e. The number of hydrogen-bond donors (Lipinski definition) is 1. The minimum atomic E-state index is 0.807. The second-order valence-corrected chi connectivity index (χ2v) is 5.46. The first-order valence-corrected chi connectivity index (χ1v) is 6.78. The third-order valence-corrected chi connectivity index (χ3v) is 3.92. The lowest BCUT2D eigenvalue weighted by molar-refractivity contribution is 0.282. The molecule has 2 heteroatoms. The summed E-state index contributed by atoms with van der Waals surface area (Å²) in [7, 11) is 0. The van der Waals surface area contributed by atoms with E-state index in [-0.39, 0.29) is 0 Å². The van der Waals surface area contributed by atoms with Crippen LogP contribution in [0.1, 0.15) is 46.0 Å². The van der Waals surface area contributed by atoms with Gasteiger partial charge in [0.15, 0.2) is 0 Å². The van der Waals surface area contributed by atoms with Gasteiger partial charge in [0.05, 0.1) is 0 Å². The molecule has 3 unspecified atom stereocenters. The van der Waals surface area contributed by atoms with Crippen molar-refractivity contribution in [3.8, 4) is 0 Å². The van der Waals surface area contributed by atoms with E-state index in [0.29, 0.717) is 0 Å². The van der Waals surface area contributed by atoms with Gasteiger partial charge in [0, 0.05) is 12.1 Å². The summed E-state index contributed by atoms with van der Waals surface area (Å²) in [6, 6.07) is 1.66. The van der Waals surface area contributed by atoms with Crippen LogP contribution in [0.25, 0.3) is 0 Å². The molecule has 1 saturated heterocycles. The van der Waals surface area contributed by atoms with Crippen molar-refractivity contribution in [3.63, 3.8) is 0 Å². The van der Waals surface area contributed by atoms with Crippen LogP contribution >= 0.6 is 0 Å². The summed E-state index contributed by atoms with van der Waals surface area (Å²) in [4.78, 5) is 2.64. The van der Waals surface area contributed by atoms with Crippen molar-refractivity contribution < 1.29 is 0 Å². The number of nitrogens with zero attached hydrogens (tertiary/aromatic N) is 1. The van der Waals surface area contributed by atoms with E-state index < -0.39 is 0 Å². The molecule has 1 heterocycles. The molecule has 1 saturated carbocycles. The van der Waals surface area contributed by atoms with Gasteiger partial charge in [-0.1, -0.05) is 13.8 Å². The third-order valence-electron chi connectivity index (χ3n) is 3.92. The summed E-state index contributed by atoms with van der Waals surface area (Å²) >= 11 is 0. The van der Waals surface area contributed by atoms with E-state index in [2.05, 4.69) is 24.1 Å². The van der Waals surface area contributed by atoms with Crippen molar-refractivity contribution in [1.29, 1.82) is 0 Å². The highest BCUT2D eigenvalue weighted by Gasteiger charge is 2.34. The minimum Gasteiger partial charge on any atom is -0.311 e. The zero-order valence-corrected chi connectivity index (χ0v) is 10.3. The monoisotopic (exact) mass is 210 g/mol. The average molecular weight is 210 g/mol. The lowest BCUT2D eigenvalue weighted by atomic mass is 10.1. The van der Waals surface area contributed by atoms with Gasteiger partial charge in [-0.05, 0) is 57.7 Å². The lowest BCUT2D eigenvalue weighted by Gasteiger charge is -2.19. The topological polar surface area (TPSA) is 15.3 Å². The van der Waals surface area contributed by atoms with Crippen LogP contribution < -0.4 is 5.32 Å². The summed E-state index contributed by atoms with van der Waals surface area (Å²) in [6.07, 6.45) is 6.86. The molecule has 2 aliphatic rings. The van der Waals surface area contributed by atoms with Crippen LogP contribution in [-0.4, -0.2) is 36.6 Å². The highest BCUT2D eigenvalue weighted by Crippen LogP contribution is 2.30. The van der Waals surface area contributed by atoms with Gasteiger partial charge in [0.25, 0.3) is 0 Å². The Kier molecular flexibility index (Phi) is 4.04. The number of nitrogens with one attached hydrogen (secondary N) is 1. The molecule has 1 aliphatic carbocycles. The molecule has 0 bridgehead atoms. The molecular formula is C13H26N2. The summed E-state index contributed by atoms with van der Waals surface area (Å²) in [6.45, 7) is 8.58. The largest absolute Gasteiger partial charge is 0.311 e. The molecule has 0 spiro atoms. The van der Waals surface area contributed by atoms with Crippen LogP contribution in [0.3, 0.4) is 0 Å². The first-order valence-electron chi connectivity index (χ1n) is 6.78. The van der Waals surface area contributed by atoms with Crippen LogP contribution in [-0.2, 0) is 0 Å².